The van der Waals surface area contributed by atoms with Crippen LogP contribution in [0.5, 0.6) is 0 Å². The molecule has 12 atom stereocenters. The molecule has 21 heteroatoms. The van der Waals surface area contributed by atoms with Crippen molar-refractivity contribution < 1.29 is 81.3 Å². The van der Waals surface area contributed by atoms with Gasteiger partial charge in [-0.1, -0.05) is 76.1 Å². The molecule has 4 fully saturated rings. The highest BCUT2D eigenvalue weighted by atomic mass is 32.2. The molecule has 2 aromatic carbocycles. The predicted octanol–water partition coefficient (Wildman–Crippen LogP) is 6.09. The maximum absolute atomic E-state index is 17.8. The van der Waals surface area contributed by atoms with E-state index in [1.807, 2.05) is 49.4 Å². The van der Waals surface area contributed by atoms with E-state index in [1.165, 1.54) is 30.8 Å². The van der Waals surface area contributed by atoms with Gasteiger partial charge in [0.05, 0.1) is 83.2 Å². The maximum Gasteiger partial charge on any atom is 0.305 e. The standard InChI is InChI=1S/C59H79F2N3O15S/c1-5-6-8-37(2)80-47(34-53(71)72)54(73)63-19-16-51(69)62-20-22-75-24-26-77-28-27-76-25-23-74-21-17-52(70)64-41-10-7-9-39(30-41)29-38-11-13-40(14-12-38)55-78-50-33-43-44-32-46(60)45-31-42(66)15-18-56(45,3)58(44,61)48(67)35-57(43,4)59(50,79-55)49(68)36-65/h7,9-15,18,30-31,37,43-44,46-48,50,55,65,67H,5-6,8,16-17,19-29,32-36H2,1-4H3,(H,62,69)(H,63,73)(H,64,70)(H,71,72)/t37?,43?,44-,46-,47?,48-,50+,55+,56-,57-,58-,59+/m0/s1. The summed E-state index contributed by atoms with van der Waals surface area (Å²) in [5.41, 5.74) is -3.78. The first-order valence-corrected chi connectivity index (χ1v) is 28.9. The molecule has 0 radical (unpaired) electrons. The molecule has 1 aliphatic heterocycles. The van der Waals surface area contributed by atoms with Gasteiger partial charge < -0.3 is 59.7 Å². The number of benzene rings is 2. The molecule has 3 unspecified atom stereocenters. The van der Waals surface area contributed by atoms with E-state index in [0.717, 1.165) is 36.5 Å². The number of unbranched alkanes of at least 4 members (excludes halogenated alkanes) is 1. The lowest BCUT2D eigenvalue weighted by Gasteiger charge is -2.63. The van der Waals surface area contributed by atoms with Crippen molar-refractivity contribution in [3.8, 4) is 0 Å². The van der Waals surface area contributed by atoms with Crippen LogP contribution in [-0.4, -0.2) is 163 Å². The number of ether oxygens (including phenoxy) is 6. The molecule has 0 aromatic heterocycles. The van der Waals surface area contributed by atoms with Crippen LogP contribution in [-0.2, 0) is 63.6 Å². The lowest BCUT2D eigenvalue weighted by molar-refractivity contribution is -0.235. The van der Waals surface area contributed by atoms with E-state index in [0.29, 0.717) is 57.3 Å². The monoisotopic (exact) mass is 1140 g/mol. The SMILES string of the molecule is CCCCC(C)SC(CC(=O)O)C(=O)NCCC(=O)NCCOCCOCCOCCOCCC(=O)Nc1cccc(Cc2ccc([C@@H]3O[C@@H]4CC5[C@@H]6C[C@H](F)C7=CC(=O)C=C[C@]7(C)[C@@]6(F)[C@@H](O)C[C@]5(C)[C@]4(C(=O)CO)O3)cc2)c1. The normalized spacial score (nSPS) is 29.1. The molecule has 1 saturated heterocycles. The number of anilines is 1. The van der Waals surface area contributed by atoms with Crippen molar-refractivity contribution in [2.24, 2.45) is 22.7 Å². The summed E-state index contributed by atoms with van der Waals surface area (Å²) in [6.45, 7) is 9.28. The van der Waals surface area contributed by atoms with E-state index >= 15 is 8.78 Å². The Morgan fingerprint density at radius 2 is 1.55 bits per heavy atom. The zero-order chi connectivity index (χ0) is 57.7. The van der Waals surface area contributed by atoms with Crippen LogP contribution in [0.15, 0.2) is 72.3 Å². The van der Waals surface area contributed by atoms with Gasteiger partial charge in [0.15, 0.2) is 29.1 Å². The summed E-state index contributed by atoms with van der Waals surface area (Å²) >= 11 is 1.35. The number of rotatable bonds is 32. The summed E-state index contributed by atoms with van der Waals surface area (Å²) < 4.78 is 69.0. The Morgan fingerprint density at radius 1 is 0.863 bits per heavy atom. The molecule has 3 amide bonds. The molecule has 7 rings (SSSR count). The number of hydrogen-bond acceptors (Lipinski definition) is 15. The Hall–Kier alpha value is -4.97. The number of aliphatic carboxylic acids is 1. The molecule has 2 aromatic rings. The first-order valence-electron chi connectivity index (χ1n) is 27.9. The van der Waals surface area contributed by atoms with Crippen molar-refractivity contribution in [2.75, 3.05) is 77.9 Å². The highest BCUT2D eigenvalue weighted by Gasteiger charge is 2.80. The van der Waals surface area contributed by atoms with Crippen LogP contribution < -0.4 is 16.0 Å². The minimum Gasteiger partial charge on any atom is -0.481 e. The van der Waals surface area contributed by atoms with E-state index < -0.39 is 88.0 Å². The van der Waals surface area contributed by atoms with Crippen molar-refractivity contribution in [3.63, 3.8) is 0 Å². The zero-order valence-electron chi connectivity index (χ0n) is 46.2. The second-order valence-electron chi connectivity index (χ2n) is 21.9. The number of aliphatic hydroxyl groups excluding tert-OH is 2. The van der Waals surface area contributed by atoms with E-state index in [-0.39, 0.29) is 93.4 Å². The van der Waals surface area contributed by atoms with Crippen LogP contribution in [0.2, 0.25) is 0 Å². The topological polar surface area (TPSA) is 255 Å². The molecule has 5 aliphatic rings. The molecule has 1 heterocycles. The highest BCUT2D eigenvalue weighted by Crippen LogP contribution is 2.72. The summed E-state index contributed by atoms with van der Waals surface area (Å²) in [5, 5.41) is 39.2. The van der Waals surface area contributed by atoms with Crippen LogP contribution in [0.4, 0.5) is 14.5 Å². The van der Waals surface area contributed by atoms with Crippen LogP contribution in [0.25, 0.3) is 0 Å². The summed E-state index contributed by atoms with van der Waals surface area (Å²) in [6.07, 6.45) is 1.52. The van der Waals surface area contributed by atoms with Crippen molar-refractivity contribution in [3.05, 3.63) is 89.0 Å². The molecule has 440 valence electrons. The third-order valence-corrected chi connectivity index (χ3v) is 18.0. The van der Waals surface area contributed by atoms with E-state index in [4.69, 9.17) is 28.4 Å². The van der Waals surface area contributed by atoms with Gasteiger partial charge in [0.25, 0.3) is 0 Å². The molecular formula is C59H79F2N3O15S. The third-order valence-electron chi connectivity index (χ3n) is 16.6. The summed E-state index contributed by atoms with van der Waals surface area (Å²) in [7, 11) is 0. The molecule has 3 saturated carbocycles. The second kappa shape index (κ2) is 28.3. The third kappa shape index (κ3) is 14.3. The Labute approximate surface area is 470 Å². The molecule has 0 spiro atoms. The smallest absolute Gasteiger partial charge is 0.305 e. The van der Waals surface area contributed by atoms with E-state index in [1.54, 1.807) is 13.0 Å². The molecule has 80 heavy (non-hydrogen) atoms. The molecule has 0 bridgehead atoms. The highest BCUT2D eigenvalue weighted by molar-refractivity contribution is 8.01. The van der Waals surface area contributed by atoms with Crippen molar-refractivity contribution in [1.82, 2.24) is 10.6 Å². The molecule has 18 nitrogen and oxygen atoms in total. The predicted molar refractivity (Wildman–Crippen MR) is 293 cm³/mol. The largest absolute Gasteiger partial charge is 0.481 e. The van der Waals surface area contributed by atoms with Gasteiger partial charge in [-0.25, -0.2) is 8.78 Å². The average molecular weight is 1140 g/mol. The molecule has 4 aliphatic carbocycles. The number of thioether (sulfide) groups is 1. The Morgan fingerprint density at radius 3 is 2.23 bits per heavy atom. The number of hydrogen-bond donors (Lipinski definition) is 6. The zero-order valence-corrected chi connectivity index (χ0v) is 47.0. The quantitative estimate of drug-likeness (QED) is 0.0453. The Bertz CT molecular complexity index is 2560. The fraction of sp³-hybridized carbons (Fsp3) is 0.627. The minimum absolute atomic E-state index is 0.00883. The second-order valence-corrected chi connectivity index (χ2v) is 23.6. The van der Waals surface area contributed by atoms with Gasteiger partial charge >= 0.3 is 5.97 Å². The van der Waals surface area contributed by atoms with Gasteiger partial charge in [-0.15, -0.1) is 11.8 Å². The van der Waals surface area contributed by atoms with Crippen LogP contribution in [0.1, 0.15) is 108 Å². The maximum atomic E-state index is 17.8. The summed E-state index contributed by atoms with van der Waals surface area (Å²) in [6, 6.07) is 14.9. The van der Waals surface area contributed by atoms with Crippen LogP contribution >= 0.6 is 11.8 Å². The van der Waals surface area contributed by atoms with Gasteiger partial charge in [-0.3, -0.25) is 28.8 Å². The fourth-order valence-corrected chi connectivity index (χ4v) is 13.9. The van der Waals surface area contributed by atoms with Crippen molar-refractivity contribution in [1.29, 1.82) is 0 Å². The first kappa shape index (κ1) is 62.6. The number of halogens is 2. The summed E-state index contributed by atoms with van der Waals surface area (Å²) in [5.74, 6) is -4.68. The fourth-order valence-electron chi connectivity index (χ4n) is 12.6. The van der Waals surface area contributed by atoms with Gasteiger partial charge in [0.2, 0.25) is 17.7 Å². The number of amides is 3. The lowest BCUT2D eigenvalue weighted by Crippen LogP contribution is -2.70. The number of carbonyl (C=O) groups is 6. The molecular weight excluding hydrogens is 1060 g/mol. The number of allylic oxidation sites excluding steroid dienone is 4. The lowest BCUT2D eigenvalue weighted by atomic mass is 9.44. The average Bonchev–Trinajstić information content (AvgIpc) is 3.46. The first-order chi connectivity index (χ1) is 38.3. The Balaban J connectivity index is 0.745. The van der Waals surface area contributed by atoms with Crippen LogP contribution in [0.3, 0.4) is 0 Å². The van der Waals surface area contributed by atoms with E-state index in [2.05, 4.69) is 22.9 Å². The van der Waals surface area contributed by atoms with Crippen molar-refractivity contribution >= 4 is 52.7 Å². The summed E-state index contributed by atoms with van der Waals surface area (Å²) in [4.78, 5) is 75.0. The number of carboxylic acid groups (broad SMARTS) is 1. The van der Waals surface area contributed by atoms with Crippen LogP contribution in [0, 0.1) is 22.7 Å². The van der Waals surface area contributed by atoms with Gasteiger partial charge in [0, 0.05) is 52.8 Å². The molecule has 6 N–H and O–H groups in total. The number of nitrogens with one attached hydrogen (secondary N) is 3. The van der Waals surface area contributed by atoms with Gasteiger partial charge in [0.1, 0.15) is 12.8 Å². The van der Waals surface area contributed by atoms with Gasteiger partial charge in [-0.2, -0.15) is 0 Å². The number of fused-ring (bicyclic) bond motifs is 7. The van der Waals surface area contributed by atoms with E-state index in [9.17, 15) is 44.1 Å². The van der Waals surface area contributed by atoms with Crippen molar-refractivity contribution in [2.45, 2.75) is 138 Å². The van der Waals surface area contributed by atoms with Gasteiger partial charge in [-0.05, 0) is 85.9 Å². The number of alkyl halides is 2. The number of ketones is 2. The number of aliphatic hydroxyl groups is 2. The number of carboxylic acids is 1. The minimum atomic E-state index is -2.34. The number of Topliss-reactive ketones (excluding diaryl/α,β-unsaturated/α-hetero) is 1. The Kier molecular flexibility index (Phi) is 22.2. The number of carbonyl (C=O) groups excluding carboxylic acids is 5.